The van der Waals surface area contributed by atoms with Crippen LogP contribution in [-0.2, 0) is 0 Å². The van der Waals surface area contributed by atoms with Crippen LogP contribution in [0.15, 0.2) is 0 Å². The quantitative estimate of drug-likeness (QED) is 0.752. The molecule has 0 aromatic carbocycles. The molecule has 0 aliphatic heterocycles. The van der Waals surface area contributed by atoms with Crippen molar-refractivity contribution in [1.29, 1.82) is 0 Å². The van der Waals surface area contributed by atoms with Crippen LogP contribution >= 0.6 is 0 Å². The van der Waals surface area contributed by atoms with E-state index in [4.69, 9.17) is 0 Å². The maximum atomic E-state index is 3.82. The third-order valence-corrected chi connectivity index (χ3v) is 5.31. The van der Waals surface area contributed by atoms with Crippen molar-refractivity contribution >= 4 is 0 Å². The Bertz CT molecular complexity index is 222. The number of nitrogens with one attached hydrogen (secondary N) is 1. The molecular formula is C17H33N. The van der Waals surface area contributed by atoms with E-state index in [0.29, 0.717) is 0 Å². The van der Waals surface area contributed by atoms with Crippen LogP contribution in [-0.4, -0.2) is 12.6 Å². The van der Waals surface area contributed by atoms with Gasteiger partial charge in [-0.05, 0) is 55.9 Å². The number of hydrogen-bond acceptors (Lipinski definition) is 1. The zero-order chi connectivity index (χ0) is 13.0. The third-order valence-electron chi connectivity index (χ3n) is 5.31. The molecule has 2 saturated carbocycles. The number of hydrogen-bond donors (Lipinski definition) is 1. The van der Waals surface area contributed by atoms with Crippen molar-refractivity contribution < 1.29 is 0 Å². The maximum absolute atomic E-state index is 3.82. The standard InChI is InChI=1S/C17H33N/c1-4-18-17(12-15-7-5-6-8-15)16-10-13(2)9-14(3)11-16/h13-18H,4-12H2,1-3H3. The highest BCUT2D eigenvalue weighted by atomic mass is 14.9. The van der Waals surface area contributed by atoms with Crippen molar-refractivity contribution in [2.75, 3.05) is 6.54 Å². The first-order valence-corrected chi connectivity index (χ1v) is 8.42. The fourth-order valence-electron chi connectivity index (χ4n) is 4.65. The Morgan fingerprint density at radius 1 is 1.00 bits per heavy atom. The fourth-order valence-corrected chi connectivity index (χ4v) is 4.65. The molecule has 1 N–H and O–H groups in total. The van der Waals surface area contributed by atoms with Gasteiger partial charge in [-0.25, -0.2) is 0 Å². The third kappa shape index (κ3) is 3.98. The first-order chi connectivity index (χ1) is 8.69. The minimum absolute atomic E-state index is 0.809. The number of rotatable bonds is 5. The van der Waals surface area contributed by atoms with Crippen LogP contribution in [0.25, 0.3) is 0 Å². The van der Waals surface area contributed by atoms with Gasteiger partial charge in [0.25, 0.3) is 0 Å². The summed E-state index contributed by atoms with van der Waals surface area (Å²) < 4.78 is 0. The first-order valence-electron chi connectivity index (χ1n) is 8.42. The van der Waals surface area contributed by atoms with Crippen LogP contribution in [0.2, 0.25) is 0 Å². The van der Waals surface area contributed by atoms with Crippen LogP contribution in [0.1, 0.15) is 72.1 Å². The maximum Gasteiger partial charge on any atom is 0.00980 e. The van der Waals surface area contributed by atoms with Crippen LogP contribution in [0.5, 0.6) is 0 Å². The van der Waals surface area contributed by atoms with Gasteiger partial charge in [0.1, 0.15) is 0 Å². The van der Waals surface area contributed by atoms with E-state index in [2.05, 4.69) is 26.1 Å². The summed E-state index contributed by atoms with van der Waals surface area (Å²) in [5, 5.41) is 3.82. The van der Waals surface area contributed by atoms with E-state index in [0.717, 1.165) is 36.3 Å². The summed E-state index contributed by atoms with van der Waals surface area (Å²) in [6.07, 6.45) is 11.8. The molecule has 2 aliphatic rings. The molecule has 3 unspecified atom stereocenters. The molecule has 2 rings (SSSR count). The Balaban J connectivity index is 1.90. The van der Waals surface area contributed by atoms with Crippen LogP contribution in [0.4, 0.5) is 0 Å². The van der Waals surface area contributed by atoms with Crippen LogP contribution in [0, 0.1) is 23.7 Å². The lowest BCUT2D eigenvalue weighted by Crippen LogP contribution is -2.40. The minimum atomic E-state index is 0.809. The van der Waals surface area contributed by atoms with Gasteiger partial charge >= 0.3 is 0 Å². The summed E-state index contributed by atoms with van der Waals surface area (Å²) in [5.74, 6) is 3.87. The van der Waals surface area contributed by atoms with Crippen LogP contribution < -0.4 is 5.32 Å². The molecule has 18 heavy (non-hydrogen) atoms. The lowest BCUT2D eigenvalue weighted by Gasteiger charge is -2.38. The zero-order valence-corrected chi connectivity index (χ0v) is 12.8. The lowest BCUT2D eigenvalue weighted by atomic mass is 9.72. The Morgan fingerprint density at radius 2 is 1.61 bits per heavy atom. The largest absolute Gasteiger partial charge is 0.314 e. The second-order valence-electron chi connectivity index (χ2n) is 7.23. The van der Waals surface area contributed by atoms with Crippen LogP contribution in [0.3, 0.4) is 0 Å². The summed E-state index contributed by atoms with van der Waals surface area (Å²) >= 11 is 0. The predicted molar refractivity (Wildman–Crippen MR) is 79.7 cm³/mol. The van der Waals surface area contributed by atoms with Gasteiger partial charge < -0.3 is 5.32 Å². The summed E-state index contributed by atoms with van der Waals surface area (Å²) in [6, 6.07) is 0.809. The second kappa shape index (κ2) is 6.93. The van der Waals surface area contributed by atoms with Crippen molar-refractivity contribution in [3.05, 3.63) is 0 Å². The van der Waals surface area contributed by atoms with Crippen molar-refractivity contribution in [3.8, 4) is 0 Å². The lowest BCUT2D eigenvalue weighted by molar-refractivity contribution is 0.161. The highest BCUT2D eigenvalue weighted by molar-refractivity contribution is 4.86. The van der Waals surface area contributed by atoms with Gasteiger partial charge in [0.2, 0.25) is 0 Å². The van der Waals surface area contributed by atoms with Gasteiger partial charge in [-0.15, -0.1) is 0 Å². The van der Waals surface area contributed by atoms with Crippen molar-refractivity contribution in [1.82, 2.24) is 5.32 Å². The smallest absolute Gasteiger partial charge is 0.00980 e. The zero-order valence-electron chi connectivity index (χ0n) is 12.8. The van der Waals surface area contributed by atoms with E-state index in [9.17, 15) is 0 Å². The summed E-state index contributed by atoms with van der Waals surface area (Å²) in [6.45, 7) is 8.34. The molecule has 0 aromatic heterocycles. The summed E-state index contributed by atoms with van der Waals surface area (Å²) in [5.41, 5.74) is 0. The highest BCUT2D eigenvalue weighted by Gasteiger charge is 2.31. The van der Waals surface area contributed by atoms with E-state index in [1.807, 2.05) is 0 Å². The molecule has 0 saturated heterocycles. The molecule has 0 radical (unpaired) electrons. The summed E-state index contributed by atoms with van der Waals surface area (Å²) in [4.78, 5) is 0. The van der Waals surface area contributed by atoms with Gasteiger partial charge in [0, 0.05) is 6.04 Å². The molecule has 2 aliphatic carbocycles. The first kappa shape index (κ1) is 14.4. The monoisotopic (exact) mass is 251 g/mol. The van der Waals surface area contributed by atoms with Crippen molar-refractivity contribution in [2.45, 2.75) is 78.2 Å². The highest BCUT2D eigenvalue weighted by Crippen LogP contribution is 2.38. The van der Waals surface area contributed by atoms with Gasteiger partial charge in [-0.1, -0.05) is 46.5 Å². The average molecular weight is 251 g/mol. The Morgan fingerprint density at radius 3 is 2.17 bits per heavy atom. The second-order valence-corrected chi connectivity index (χ2v) is 7.23. The average Bonchev–Trinajstić information content (AvgIpc) is 2.80. The molecule has 0 heterocycles. The van der Waals surface area contributed by atoms with E-state index in [-0.39, 0.29) is 0 Å². The van der Waals surface area contributed by atoms with Crippen molar-refractivity contribution in [2.24, 2.45) is 23.7 Å². The van der Waals surface area contributed by atoms with Gasteiger partial charge in [0.15, 0.2) is 0 Å². The molecule has 2 fully saturated rings. The van der Waals surface area contributed by atoms with E-state index in [1.165, 1.54) is 51.4 Å². The van der Waals surface area contributed by atoms with Gasteiger partial charge in [-0.2, -0.15) is 0 Å². The molecule has 0 amide bonds. The molecule has 0 aromatic rings. The molecule has 1 heteroatoms. The molecular weight excluding hydrogens is 218 g/mol. The fraction of sp³-hybridized carbons (Fsp3) is 1.00. The molecule has 0 bridgehead atoms. The Labute approximate surface area is 114 Å². The Hall–Kier alpha value is -0.0400. The predicted octanol–water partition coefficient (Wildman–Crippen LogP) is 4.62. The van der Waals surface area contributed by atoms with Gasteiger partial charge in [-0.3, -0.25) is 0 Å². The van der Waals surface area contributed by atoms with E-state index in [1.54, 1.807) is 0 Å². The Kier molecular flexibility index (Phi) is 5.54. The normalized spacial score (nSPS) is 35.8. The minimum Gasteiger partial charge on any atom is -0.314 e. The summed E-state index contributed by atoms with van der Waals surface area (Å²) in [7, 11) is 0. The molecule has 0 spiro atoms. The SMILES string of the molecule is CCNC(CC1CCCC1)C1CC(C)CC(C)C1. The van der Waals surface area contributed by atoms with E-state index >= 15 is 0 Å². The van der Waals surface area contributed by atoms with Gasteiger partial charge in [0.05, 0.1) is 0 Å². The molecule has 3 atom stereocenters. The van der Waals surface area contributed by atoms with Crippen molar-refractivity contribution in [3.63, 3.8) is 0 Å². The topological polar surface area (TPSA) is 12.0 Å². The molecule has 1 nitrogen and oxygen atoms in total. The molecule has 106 valence electrons. The van der Waals surface area contributed by atoms with E-state index < -0.39 is 0 Å².